The van der Waals surface area contributed by atoms with Crippen LogP contribution < -0.4 is 5.32 Å². The van der Waals surface area contributed by atoms with Crippen molar-refractivity contribution < 1.29 is 4.79 Å². The van der Waals surface area contributed by atoms with Gasteiger partial charge in [-0.1, -0.05) is 19.9 Å². The van der Waals surface area contributed by atoms with Crippen LogP contribution in [0.3, 0.4) is 0 Å². The molecule has 2 atom stereocenters. The third kappa shape index (κ3) is 3.06. The van der Waals surface area contributed by atoms with Crippen LogP contribution in [0.4, 0.5) is 0 Å². The lowest BCUT2D eigenvalue weighted by Gasteiger charge is -2.25. The summed E-state index contributed by atoms with van der Waals surface area (Å²) in [5.41, 5.74) is 0. The van der Waals surface area contributed by atoms with E-state index in [0.29, 0.717) is 12.5 Å². The van der Waals surface area contributed by atoms with Gasteiger partial charge in [-0.2, -0.15) is 0 Å². The van der Waals surface area contributed by atoms with Gasteiger partial charge in [0.05, 0.1) is 6.04 Å². The predicted molar refractivity (Wildman–Crippen MR) is 62.6 cm³/mol. The quantitative estimate of drug-likeness (QED) is 0.696. The van der Waals surface area contributed by atoms with Crippen LogP contribution in [0.2, 0.25) is 0 Å². The van der Waals surface area contributed by atoms with Crippen LogP contribution in [0.15, 0.2) is 12.7 Å². The van der Waals surface area contributed by atoms with Gasteiger partial charge in [0.1, 0.15) is 0 Å². The Hall–Kier alpha value is -0.830. The topological polar surface area (TPSA) is 32.3 Å². The highest BCUT2D eigenvalue weighted by molar-refractivity contribution is 5.82. The first-order chi connectivity index (χ1) is 7.20. The Labute approximate surface area is 92.5 Å². The predicted octanol–water partition coefficient (Wildman–Crippen LogP) is 1.41. The van der Waals surface area contributed by atoms with Crippen molar-refractivity contribution in [2.75, 3.05) is 19.6 Å². The van der Waals surface area contributed by atoms with Gasteiger partial charge < -0.3 is 10.2 Å². The minimum absolute atomic E-state index is 0.0245. The minimum atomic E-state index is 0.0245. The molecule has 1 N–H and O–H groups in total. The van der Waals surface area contributed by atoms with Gasteiger partial charge >= 0.3 is 0 Å². The highest BCUT2D eigenvalue weighted by Crippen LogP contribution is 2.16. The zero-order chi connectivity index (χ0) is 11.3. The lowest BCUT2D eigenvalue weighted by Crippen LogP contribution is -2.46. The number of hydrogen-bond donors (Lipinski definition) is 1. The third-order valence-corrected chi connectivity index (χ3v) is 2.95. The molecule has 86 valence electrons. The molecule has 0 saturated carbocycles. The molecule has 1 fully saturated rings. The standard InChI is InChI=1S/C12H22N2O/c1-4-8-14(9-5-2)12(15)11-10(3)6-7-13-11/h4,10-11,13H,1,5-9H2,2-3H3. The van der Waals surface area contributed by atoms with Crippen LogP contribution in [0, 0.1) is 5.92 Å². The zero-order valence-corrected chi connectivity index (χ0v) is 9.83. The Balaban J connectivity index is 2.57. The van der Waals surface area contributed by atoms with Gasteiger partial charge in [-0.05, 0) is 25.3 Å². The van der Waals surface area contributed by atoms with E-state index in [2.05, 4.69) is 25.7 Å². The maximum absolute atomic E-state index is 12.2. The fourth-order valence-corrected chi connectivity index (χ4v) is 2.08. The van der Waals surface area contributed by atoms with Gasteiger partial charge in [0.15, 0.2) is 0 Å². The molecular formula is C12H22N2O. The van der Waals surface area contributed by atoms with Crippen LogP contribution in [0.5, 0.6) is 0 Å². The highest BCUT2D eigenvalue weighted by atomic mass is 16.2. The summed E-state index contributed by atoms with van der Waals surface area (Å²) >= 11 is 0. The number of nitrogens with one attached hydrogen (secondary N) is 1. The van der Waals surface area contributed by atoms with Gasteiger partial charge in [0.2, 0.25) is 5.91 Å². The van der Waals surface area contributed by atoms with Crippen molar-refractivity contribution in [1.82, 2.24) is 10.2 Å². The van der Waals surface area contributed by atoms with Crippen molar-refractivity contribution in [1.29, 1.82) is 0 Å². The molecule has 3 heteroatoms. The summed E-state index contributed by atoms with van der Waals surface area (Å²) < 4.78 is 0. The molecule has 0 spiro atoms. The largest absolute Gasteiger partial charge is 0.338 e. The molecule has 0 bridgehead atoms. The highest BCUT2D eigenvalue weighted by Gasteiger charge is 2.31. The molecule has 0 aliphatic carbocycles. The Morgan fingerprint density at radius 2 is 2.40 bits per heavy atom. The SMILES string of the molecule is C=CCN(CCC)C(=O)C1NCCC1C. The van der Waals surface area contributed by atoms with Crippen molar-refractivity contribution >= 4 is 5.91 Å². The van der Waals surface area contributed by atoms with Crippen molar-refractivity contribution in [2.24, 2.45) is 5.92 Å². The molecule has 1 heterocycles. The van der Waals surface area contributed by atoms with Gasteiger partial charge in [0, 0.05) is 13.1 Å². The number of carbonyl (C=O) groups is 1. The van der Waals surface area contributed by atoms with E-state index in [1.54, 1.807) is 6.08 Å². The normalized spacial score (nSPS) is 25.2. The summed E-state index contributed by atoms with van der Waals surface area (Å²) in [6.07, 6.45) is 3.90. The molecule has 2 unspecified atom stereocenters. The Bertz CT molecular complexity index is 228. The summed E-state index contributed by atoms with van der Waals surface area (Å²) in [4.78, 5) is 14.0. The van der Waals surface area contributed by atoms with Crippen molar-refractivity contribution in [3.63, 3.8) is 0 Å². The molecule has 0 aromatic carbocycles. The van der Waals surface area contributed by atoms with Gasteiger partial charge in [-0.15, -0.1) is 6.58 Å². The van der Waals surface area contributed by atoms with E-state index in [-0.39, 0.29) is 11.9 Å². The first-order valence-corrected chi connectivity index (χ1v) is 5.83. The molecule has 3 nitrogen and oxygen atoms in total. The second-order valence-electron chi connectivity index (χ2n) is 4.27. The van der Waals surface area contributed by atoms with Crippen LogP contribution in [0.25, 0.3) is 0 Å². The van der Waals surface area contributed by atoms with E-state index >= 15 is 0 Å². The fourth-order valence-electron chi connectivity index (χ4n) is 2.08. The minimum Gasteiger partial charge on any atom is -0.338 e. The first-order valence-electron chi connectivity index (χ1n) is 5.83. The second kappa shape index (κ2) is 5.91. The van der Waals surface area contributed by atoms with Crippen LogP contribution in [-0.4, -0.2) is 36.5 Å². The summed E-state index contributed by atoms with van der Waals surface area (Å²) in [6.45, 7) is 10.4. The van der Waals surface area contributed by atoms with Gasteiger partial charge in [-0.3, -0.25) is 4.79 Å². The molecule has 1 saturated heterocycles. The van der Waals surface area contributed by atoms with Crippen molar-refractivity contribution in [3.05, 3.63) is 12.7 Å². The average Bonchev–Trinajstić information content (AvgIpc) is 2.63. The first kappa shape index (κ1) is 12.2. The summed E-state index contributed by atoms with van der Waals surface area (Å²) in [5.74, 6) is 0.698. The van der Waals surface area contributed by atoms with E-state index in [1.165, 1.54) is 0 Å². The number of rotatable bonds is 5. The van der Waals surface area contributed by atoms with E-state index in [9.17, 15) is 4.79 Å². The lowest BCUT2D eigenvalue weighted by atomic mass is 10.0. The monoisotopic (exact) mass is 210 g/mol. The van der Waals surface area contributed by atoms with Crippen LogP contribution in [-0.2, 0) is 4.79 Å². The van der Waals surface area contributed by atoms with Crippen molar-refractivity contribution in [3.8, 4) is 0 Å². The molecule has 0 aromatic rings. The van der Waals surface area contributed by atoms with Gasteiger partial charge in [-0.25, -0.2) is 0 Å². The number of nitrogens with zero attached hydrogens (tertiary/aromatic N) is 1. The smallest absolute Gasteiger partial charge is 0.240 e. The number of amides is 1. The van der Waals surface area contributed by atoms with Crippen LogP contribution in [0.1, 0.15) is 26.7 Å². The van der Waals surface area contributed by atoms with E-state index in [4.69, 9.17) is 0 Å². The third-order valence-electron chi connectivity index (χ3n) is 2.95. The Morgan fingerprint density at radius 1 is 1.67 bits per heavy atom. The maximum Gasteiger partial charge on any atom is 0.240 e. The second-order valence-corrected chi connectivity index (χ2v) is 4.27. The molecule has 0 aromatic heterocycles. The zero-order valence-electron chi connectivity index (χ0n) is 9.83. The molecule has 1 rings (SSSR count). The van der Waals surface area contributed by atoms with Crippen LogP contribution >= 0.6 is 0 Å². The molecule has 0 radical (unpaired) electrons. The molecule has 1 aliphatic heterocycles. The van der Waals surface area contributed by atoms with E-state index in [1.807, 2.05) is 4.90 Å². The maximum atomic E-state index is 12.2. The van der Waals surface area contributed by atoms with Gasteiger partial charge in [0.25, 0.3) is 0 Å². The summed E-state index contributed by atoms with van der Waals surface area (Å²) in [7, 11) is 0. The Morgan fingerprint density at radius 3 is 2.87 bits per heavy atom. The average molecular weight is 210 g/mol. The number of hydrogen-bond acceptors (Lipinski definition) is 2. The van der Waals surface area contributed by atoms with E-state index < -0.39 is 0 Å². The summed E-state index contributed by atoms with van der Waals surface area (Å²) in [6, 6.07) is 0.0245. The summed E-state index contributed by atoms with van der Waals surface area (Å²) in [5, 5.41) is 3.28. The molecular weight excluding hydrogens is 188 g/mol. The molecule has 1 aliphatic rings. The lowest BCUT2D eigenvalue weighted by molar-refractivity contribution is -0.133. The Kier molecular flexibility index (Phi) is 4.82. The molecule has 15 heavy (non-hydrogen) atoms. The molecule has 1 amide bonds. The van der Waals surface area contributed by atoms with E-state index in [0.717, 1.165) is 25.9 Å². The number of carbonyl (C=O) groups excluding carboxylic acids is 1. The fraction of sp³-hybridized carbons (Fsp3) is 0.750. The van der Waals surface area contributed by atoms with Crippen molar-refractivity contribution in [2.45, 2.75) is 32.7 Å².